The molecule has 0 N–H and O–H groups in total. The predicted molar refractivity (Wildman–Crippen MR) is 227 cm³/mol. The zero-order valence-electron chi connectivity index (χ0n) is 33.1. The molecule has 2 fully saturated rings. The molecule has 0 saturated carbocycles. The van der Waals surface area contributed by atoms with Gasteiger partial charge in [0.25, 0.3) is 0 Å². The van der Waals surface area contributed by atoms with Gasteiger partial charge in [0.15, 0.2) is 17.2 Å². The first-order chi connectivity index (χ1) is 30.3. The van der Waals surface area contributed by atoms with Crippen molar-refractivity contribution in [3.8, 4) is 40.2 Å². The number of carbonyl (C=O) groups is 4. The Morgan fingerprint density at radius 1 is 0.500 bits per heavy atom. The third-order valence-corrected chi connectivity index (χ3v) is 11.2. The van der Waals surface area contributed by atoms with Gasteiger partial charge in [-0.25, -0.2) is 23.9 Å². The van der Waals surface area contributed by atoms with Crippen LogP contribution in [-0.2, 0) is 15.9 Å². The Balaban J connectivity index is 0.690. The number of hydrogen-bond acceptors (Lipinski definition) is 15. The molecule has 4 atom stereocenters. The quantitative estimate of drug-likeness (QED) is 0.0216. The number of benzene rings is 4. The van der Waals surface area contributed by atoms with Gasteiger partial charge in [0.1, 0.15) is 65.7 Å². The van der Waals surface area contributed by atoms with Gasteiger partial charge in [0.2, 0.25) is 0 Å². The second-order valence-electron chi connectivity index (χ2n) is 14.1. The third kappa shape index (κ3) is 12.5. The number of unbranched alkanes of at least 4 members (excludes halogenated alkanes) is 1. The van der Waals surface area contributed by atoms with Gasteiger partial charge in [0.05, 0.1) is 37.0 Å². The molecular formula is C45H40N2O13P2. The van der Waals surface area contributed by atoms with Gasteiger partial charge >= 0.3 is 17.9 Å². The maximum absolute atomic E-state index is 13.0. The minimum Gasteiger partial charge on any atom is -0.494 e. The van der Waals surface area contributed by atoms with Crippen LogP contribution in [0.15, 0.2) is 109 Å². The second kappa shape index (κ2) is 20.4. The largest absolute Gasteiger partial charge is 0.494 e. The van der Waals surface area contributed by atoms with Crippen LogP contribution in [0.1, 0.15) is 59.6 Å². The van der Waals surface area contributed by atoms with Crippen molar-refractivity contribution in [3.05, 3.63) is 137 Å². The highest BCUT2D eigenvalue weighted by molar-refractivity contribution is 7.28. The lowest BCUT2D eigenvalue weighted by Crippen LogP contribution is -2.10. The number of ketones is 1. The summed E-state index contributed by atoms with van der Waals surface area (Å²) in [5.41, 5.74) is 0.958. The van der Waals surface area contributed by atoms with Crippen molar-refractivity contribution in [1.29, 1.82) is 0 Å². The van der Waals surface area contributed by atoms with Gasteiger partial charge in [-0.05, 0) is 132 Å². The summed E-state index contributed by atoms with van der Waals surface area (Å²) in [6.45, 7) is 3.30. The summed E-state index contributed by atoms with van der Waals surface area (Å²) in [4.78, 5) is 51.0. The van der Waals surface area contributed by atoms with E-state index in [-0.39, 0.29) is 57.8 Å². The van der Waals surface area contributed by atoms with Crippen molar-refractivity contribution < 1.29 is 61.8 Å². The SMILES string of the molecule is O=C(Oc1ccc(OCC2CO2)cc1)c1cc(C(=O)Cc2ccc(OCCCCOc3ccc(OC(=O)c4cc(C(=O)Oc5ccc(OCC6CO6)cc5)[pH]n4)cc3)cc2)[pH]n1. The molecule has 0 bridgehead atoms. The maximum Gasteiger partial charge on any atom is 0.362 e. The lowest BCUT2D eigenvalue weighted by Gasteiger charge is -2.09. The molecule has 62 heavy (non-hydrogen) atoms. The average molecular weight is 879 g/mol. The smallest absolute Gasteiger partial charge is 0.362 e. The summed E-state index contributed by atoms with van der Waals surface area (Å²) in [5, 5.41) is 0.732. The van der Waals surface area contributed by atoms with Gasteiger partial charge in [-0.3, -0.25) is 4.79 Å². The first kappa shape index (κ1) is 42.2. The topological polar surface area (TPSA) is 184 Å². The Labute approximate surface area is 358 Å². The molecule has 0 aliphatic carbocycles. The molecule has 4 aromatic carbocycles. The van der Waals surface area contributed by atoms with Crippen LogP contribution in [0.25, 0.3) is 0 Å². The number of hydrogen-bond donors (Lipinski definition) is 0. The number of Topliss-reactive ketones (excluding diaryl/α,β-unsaturated/α-hetero) is 1. The molecule has 15 nitrogen and oxygen atoms in total. The van der Waals surface area contributed by atoms with Gasteiger partial charge in [0, 0.05) is 6.42 Å². The summed E-state index contributed by atoms with van der Waals surface area (Å²) in [7, 11) is -0.433. The van der Waals surface area contributed by atoms with E-state index in [4.69, 9.17) is 42.6 Å². The zero-order valence-corrected chi connectivity index (χ0v) is 35.1. The standard InChI is InChI=1S/C45H40N2O13P2/c48-40(41-22-38(46-61-41)43(49)58-34-15-9-31(10-16-34)54-24-36-26-56-36)21-28-3-5-29(6-4-28)52-19-1-2-20-53-30-7-13-33(14-8-30)59-44(50)39-23-42(62-47-39)45(51)60-35-17-11-32(12-18-35)55-25-37-27-57-37/h3-18,22-23,36-37,61-62H,1-2,19-21,24-27H2. The number of carbonyl (C=O) groups excluding carboxylic acids is 4. The van der Waals surface area contributed by atoms with Gasteiger partial charge in [-0.2, -0.15) is 0 Å². The molecule has 8 rings (SSSR count). The van der Waals surface area contributed by atoms with E-state index in [0.29, 0.717) is 85.2 Å². The predicted octanol–water partition coefficient (Wildman–Crippen LogP) is 7.42. The van der Waals surface area contributed by atoms with Crippen LogP contribution in [0.5, 0.6) is 40.2 Å². The van der Waals surface area contributed by atoms with Crippen molar-refractivity contribution in [2.75, 3.05) is 39.6 Å². The Kier molecular flexibility index (Phi) is 13.9. The van der Waals surface area contributed by atoms with Crippen LogP contribution >= 0.6 is 16.7 Å². The minimum absolute atomic E-state index is 0.0321. The molecule has 0 amide bonds. The summed E-state index contributed by atoms with van der Waals surface area (Å²) >= 11 is 0. The van der Waals surface area contributed by atoms with Crippen LogP contribution in [0, 0.1) is 0 Å². The fourth-order valence-electron chi connectivity index (χ4n) is 5.67. The van der Waals surface area contributed by atoms with E-state index in [1.54, 1.807) is 72.8 Å². The lowest BCUT2D eigenvalue weighted by atomic mass is 10.1. The second-order valence-corrected chi connectivity index (χ2v) is 16.1. The Hall–Kier alpha value is -6.50. The van der Waals surface area contributed by atoms with Crippen molar-refractivity contribution in [3.63, 3.8) is 0 Å². The minimum atomic E-state index is -0.685. The summed E-state index contributed by atoms with van der Waals surface area (Å²) in [5.74, 6) is 1.57. The molecule has 2 aliphatic heterocycles. The number of rotatable bonds is 22. The van der Waals surface area contributed by atoms with Gasteiger partial charge in [-0.15, -0.1) is 0 Å². The number of aromatic nitrogens is 2. The van der Waals surface area contributed by atoms with Gasteiger partial charge < -0.3 is 42.6 Å². The first-order valence-corrected chi connectivity index (χ1v) is 21.6. The number of ether oxygens (including phenoxy) is 9. The highest BCUT2D eigenvalue weighted by Crippen LogP contribution is 2.26. The molecule has 2 saturated heterocycles. The molecule has 6 aromatic rings. The monoisotopic (exact) mass is 878 g/mol. The van der Waals surface area contributed by atoms with Crippen molar-refractivity contribution >= 4 is 40.4 Å². The van der Waals surface area contributed by atoms with Crippen molar-refractivity contribution in [2.45, 2.75) is 31.5 Å². The number of epoxide rings is 2. The van der Waals surface area contributed by atoms with Crippen molar-refractivity contribution in [1.82, 2.24) is 9.49 Å². The summed E-state index contributed by atoms with van der Waals surface area (Å²) < 4.78 is 57.8. The summed E-state index contributed by atoms with van der Waals surface area (Å²) in [6, 6.07) is 30.2. The van der Waals surface area contributed by atoms with Gasteiger partial charge in [-0.1, -0.05) is 12.1 Å². The fourth-order valence-corrected chi connectivity index (χ4v) is 7.22. The van der Waals surface area contributed by atoms with E-state index >= 15 is 0 Å². The maximum atomic E-state index is 13.0. The van der Waals surface area contributed by atoms with Crippen LogP contribution in [-0.4, -0.2) is 85.0 Å². The van der Waals surface area contributed by atoms with E-state index in [2.05, 4.69) is 9.49 Å². The molecule has 0 radical (unpaired) electrons. The fraction of sp³-hybridized carbons (Fsp3) is 0.244. The first-order valence-electron chi connectivity index (χ1n) is 19.7. The van der Waals surface area contributed by atoms with E-state index in [0.717, 1.165) is 18.4 Å². The van der Waals surface area contributed by atoms with E-state index in [1.165, 1.54) is 12.1 Å². The number of esters is 3. The Morgan fingerprint density at radius 3 is 1.32 bits per heavy atom. The van der Waals surface area contributed by atoms with Crippen LogP contribution in [0.4, 0.5) is 0 Å². The Morgan fingerprint density at radius 2 is 0.871 bits per heavy atom. The third-order valence-electron chi connectivity index (χ3n) is 9.24. The molecule has 4 unspecified atom stereocenters. The van der Waals surface area contributed by atoms with Crippen LogP contribution in [0.3, 0.4) is 0 Å². The number of nitrogens with zero attached hydrogens (tertiary/aromatic N) is 2. The molecular weight excluding hydrogens is 838 g/mol. The van der Waals surface area contributed by atoms with E-state index in [1.807, 2.05) is 24.3 Å². The zero-order chi connectivity index (χ0) is 42.7. The van der Waals surface area contributed by atoms with Crippen LogP contribution in [0.2, 0.25) is 0 Å². The molecule has 0 spiro atoms. The lowest BCUT2D eigenvalue weighted by molar-refractivity contribution is 0.0719. The molecule has 4 heterocycles. The molecule has 17 heteroatoms. The molecule has 2 aromatic heterocycles. The summed E-state index contributed by atoms with van der Waals surface area (Å²) in [6.07, 6.45) is 1.94. The average Bonchev–Trinajstić information content (AvgIpc) is 4.20. The highest BCUT2D eigenvalue weighted by Gasteiger charge is 2.24. The van der Waals surface area contributed by atoms with Crippen LogP contribution < -0.4 is 33.2 Å². The Bertz CT molecular complexity index is 2290. The highest BCUT2D eigenvalue weighted by atomic mass is 31.0. The van der Waals surface area contributed by atoms with E-state index < -0.39 is 17.9 Å². The molecule has 318 valence electrons. The van der Waals surface area contributed by atoms with Crippen molar-refractivity contribution in [2.24, 2.45) is 0 Å². The van der Waals surface area contributed by atoms with E-state index in [9.17, 15) is 19.2 Å². The normalized spacial score (nSPS) is 15.2. The molecule has 2 aliphatic rings.